The Balaban J connectivity index is 0.00000144. The van der Waals surface area contributed by atoms with Gasteiger partial charge >= 0.3 is 35.1 Å². The van der Waals surface area contributed by atoms with Gasteiger partial charge in [-0.15, -0.1) is 13.2 Å². The quantitative estimate of drug-likeness (QED) is 0.484. The average molecular weight is 270 g/mol. The number of nitrogens with zero attached hydrogens (tertiary/aromatic N) is 1. The average Bonchev–Trinajstić information content (AvgIpc) is 2.55. The molecular formula is C9H4F3NNaO2S+. The van der Waals surface area contributed by atoms with Crippen molar-refractivity contribution in [3.8, 4) is 0 Å². The Kier molecular flexibility index (Phi) is 4.19. The van der Waals surface area contributed by atoms with Crippen LogP contribution in [0.2, 0.25) is 0 Å². The van der Waals surface area contributed by atoms with Crippen molar-refractivity contribution >= 4 is 26.7 Å². The van der Waals surface area contributed by atoms with Crippen LogP contribution in [0, 0.1) is 0 Å². The Morgan fingerprint density at radius 2 is 1.88 bits per heavy atom. The Labute approximate surface area is 119 Å². The van der Waals surface area contributed by atoms with Crippen molar-refractivity contribution in [3.05, 3.63) is 29.3 Å². The molecule has 3 nitrogen and oxygen atoms in total. The fourth-order valence-corrected chi connectivity index (χ4v) is 2.92. The van der Waals surface area contributed by atoms with E-state index < -0.39 is 27.0 Å². The van der Waals surface area contributed by atoms with Crippen LogP contribution >= 0.6 is 10.5 Å². The molecular weight excluding hydrogens is 266 g/mol. The van der Waals surface area contributed by atoms with Gasteiger partial charge in [-0.3, -0.25) is 0 Å². The molecule has 1 aromatic heterocycles. The molecule has 0 spiro atoms. The number of carboxylic acids is 1. The molecule has 0 N–H and O–H groups in total. The summed E-state index contributed by atoms with van der Waals surface area (Å²) in [7, 11) is -2.50. The number of aromatic nitrogens is 1. The fraction of sp³-hybridized carbons (Fsp3) is 0.111. The van der Waals surface area contributed by atoms with Gasteiger partial charge in [-0.1, -0.05) is 12.1 Å². The summed E-state index contributed by atoms with van der Waals surface area (Å²) in [6, 6.07) is 5.49. The molecule has 0 aliphatic rings. The number of carbonyl (C=O) groups is 1. The molecule has 1 unspecified atom stereocenters. The minimum absolute atomic E-state index is 0. The Morgan fingerprint density at radius 1 is 1.29 bits per heavy atom. The van der Waals surface area contributed by atoms with Crippen LogP contribution in [0.4, 0.5) is 13.2 Å². The summed E-state index contributed by atoms with van der Waals surface area (Å²) in [5.74, 6) is -1.88. The minimum Gasteiger partial charge on any atom is -0.539 e. The number of thiazole rings is 1. The number of para-hydroxylation sites is 1. The van der Waals surface area contributed by atoms with E-state index in [1.54, 1.807) is 0 Å². The van der Waals surface area contributed by atoms with Crippen LogP contribution in [0.1, 0.15) is 9.80 Å². The van der Waals surface area contributed by atoms with Gasteiger partial charge in [0.25, 0.3) is 5.01 Å². The third-order valence-electron chi connectivity index (χ3n) is 1.91. The monoisotopic (exact) mass is 270 g/mol. The third kappa shape index (κ3) is 2.62. The van der Waals surface area contributed by atoms with Crippen molar-refractivity contribution in [2.75, 3.05) is 0 Å². The number of aromatic carboxylic acids is 1. The predicted molar refractivity (Wildman–Crippen MR) is 49.9 cm³/mol. The van der Waals surface area contributed by atoms with Crippen molar-refractivity contribution in [2.45, 2.75) is 5.51 Å². The van der Waals surface area contributed by atoms with Gasteiger partial charge in [0.05, 0.1) is 0 Å². The minimum atomic E-state index is -4.65. The predicted octanol–water partition coefficient (Wildman–Crippen LogP) is -1.17. The first-order chi connectivity index (χ1) is 7.41. The fourth-order valence-electron chi connectivity index (χ4n) is 1.34. The molecule has 0 saturated carbocycles. The van der Waals surface area contributed by atoms with Crippen LogP contribution in [0.3, 0.4) is 0 Å². The number of benzene rings is 1. The summed E-state index contributed by atoms with van der Waals surface area (Å²) in [5, 5.41) is 9.64. The van der Waals surface area contributed by atoms with E-state index in [1.165, 1.54) is 24.3 Å². The van der Waals surface area contributed by atoms with E-state index in [0.717, 1.165) is 0 Å². The first-order valence-electron chi connectivity index (χ1n) is 4.11. The summed E-state index contributed by atoms with van der Waals surface area (Å²) < 4.78 is 38.0. The van der Waals surface area contributed by atoms with Crippen LogP contribution < -0.4 is 34.7 Å². The van der Waals surface area contributed by atoms with Gasteiger partial charge in [-0.25, -0.2) is 0 Å². The maximum Gasteiger partial charge on any atom is 1.00 e. The molecule has 0 aliphatic heterocycles. The number of halogens is 3. The van der Waals surface area contributed by atoms with Crippen molar-refractivity contribution in [2.24, 2.45) is 0 Å². The van der Waals surface area contributed by atoms with Gasteiger partial charge in [0.15, 0.2) is 0 Å². The molecule has 2 aromatic rings. The molecule has 1 atom stereocenters. The first kappa shape index (κ1) is 14.4. The zero-order chi connectivity index (χ0) is 11.9. The number of rotatable bonds is 1. The molecule has 84 valence electrons. The second kappa shape index (κ2) is 4.93. The smallest absolute Gasteiger partial charge is 0.539 e. The number of alkyl halides is 3. The van der Waals surface area contributed by atoms with Gasteiger partial charge in [0.1, 0.15) is 22.0 Å². The number of hydrogen-bond donors (Lipinski definition) is 0. The van der Waals surface area contributed by atoms with E-state index in [1.807, 2.05) is 0 Å². The van der Waals surface area contributed by atoms with E-state index in [4.69, 9.17) is 0 Å². The number of carbonyl (C=O) groups excluding carboxylic acids is 1. The van der Waals surface area contributed by atoms with Crippen LogP contribution in [0.5, 0.6) is 0 Å². The molecule has 0 saturated heterocycles. The SMILES string of the molecule is O=C([O-])c1nc2ccccc2[s+]1C(F)(F)F.[Na+]. The summed E-state index contributed by atoms with van der Waals surface area (Å²) in [6.45, 7) is 0. The molecule has 0 fully saturated rings. The maximum atomic E-state index is 12.7. The van der Waals surface area contributed by atoms with E-state index in [-0.39, 0.29) is 39.8 Å². The number of hydrogen-bond acceptors (Lipinski definition) is 3. The zero-order valence-corrected chi connectivity index (χ0v) is 11.4. The molecule has 0 aliphatic carbocycles. The van der Waals surface area contributed by atoms with Crippen molar-refractivity contribution in [3.63, 3.8) is 0 Å². The van der Waals surface area contributed by atoms with Gasteiger partial charge in [0, 0.05) is 6.07 Å². The van der Waals surface area contributed by atoms with Gasteiger partial charge < -0.3 is 9.90 Å². The van der Waals surface area contributed by atoms with Crippen LogP contribution in [-0.4, -0.2) is 11.0 Å². The van der Waals surface area contributed by atoms with Gasteiger partial charge in [-0.2, -0.15) is 4.98 Å². The van der Waals surface area contributed by atoms with Crippen LogP contribution in [0.25, 0.3) is 10.2 Å². The molecule has 17 heavy (non-hydrogen) atoms. The number of fused-ring (bicyclic) bond motifs is 1. The summed E-state index contributed by atoms with van der Waals surface area (Å²) in [5.41, 5.74) is -4.60. The second-order valence-corrected chi connectivity index (χ2v) is 4.83. The Morgan fingerprint density at radius 3 is 2.41 bits per heavy atom. The third-order valence-corrected chi connectivity index (χ3v) is 3.80. The summed E-state index contributed by atoms with van der Waals surface area (Å²) in [4.78, 5) is 14.0. The molecule has 0 amide bonds. The van der Waals surface area contributed by atoms with Crippen molar-refractivity contribution < 1.29 is 52.6 Å². The largest absolute Gasteiger partial charge is 1.00 e. The topological polar surface area (TPSA) is 53.0 Å². The van der Waals surface area contributed by atoms with E-state index in [2.05, 4.69) is 4.98 Å². The Bertz CT molecular complexity index is 567. The summed E-state index contributed by atoms with van der Waals surface area (Å²) in [6.07, 6.45) is 0. The molecule has 0 bridgehead atoms. The zero-order valence-electron chi connectivity index (χ0n) is 8.62. The van der Waals surface area contributed by atoms with Crippen molar-refractivity contribution in [1.82, 2.24) is 4.98 Å². The standard InChI is InChI=1S/C9H4F3NO2S.Na/c10-9(11,12)16-6-4-2-1-3-5(6)13-7(16)8(14)15;/h1-4H;/q;+1. The molecule has 8 heteroatoms. The molecule has 1 aromatic carbocycles. The molecule has 2 rings (SSSR count). The Hall–Kier alpha value is -0.630. The first-order valence-corrected chi connectivity index (χ1v) is 5.34. The normalized spacial score (nSPS) is 12.3. The van der Waals surface area contributed by atoms with Crippen LogP contribution in [-0.2, 0) is 5.51 Å². The molecule has 0 radical (unpaired) electrons. The number of carboxylic acid groups (broad SMARTS) is 1. The maximum absolute atomic E-state index is 12.7. The summed E-state index contributed by atoms with van der Waals surface area (Å²) >= 11 is 0. The molecule has 1 heterocycles. The van der Waals surface area contributed by atoms with Crippen LogP contribution in [0.15, 0.2) is 24.3 Å². The van der Waals surface area contributed by atoms with E-state index >= 15 is 0 Å². The second-order valence-electron chi connectivity index (χ2n) is 2.92. The van der Waals surface area contributed by atoms with E-state index in [9.17, 15) is 23.1 Å². The van der Waals surface area contributed by atoms with E-state index in [0.29, 0.717) is 0 Å². The van der Waals surface area contributed by atoms with Gasteiger partial charge in [-0.05, 0) is 6.07 Å². The van der Waals surface area contributed by atoms with Gasteiger partial charge in [0.2, 0.25) is 4.70 Å². The van der Waals surface area contributed by atoms with Crippen molar-refractivity contribution in [1.29, 1.82) is 0 Å².